The SMILES string of the molecule is Cc1cc(C(=O)N2C[C@H](O)C[C@@H]2c2cccc(C(F)(F)F)c2)n(C)n1. The van der Waals surface area contributed by atoms with Gasteiger partial charge in [0, 0.05) is 13.6 Å². The number of amides is 1. The molecular weight excluding hydrogens is 335 g/mol. The van der Waals surface area contributed by atoms with Gasteiger partial charge in [0.25, 0.3) is 5.91 Å². The first-order valence-electron chi connectivity index (χ1n) is 7.83. The molecule has 0 spiro atoms. The number of aliphatic hydroxyl groups excluding tert-OH is 1. The van der Waals surface area contributed by atoms with Crippen LogP contribution in [0.1, 0.15) is 39.8 Å². The highest BCUT2D eigenvalue weighted by molar-refractivity contribution is 5.93. The molecule has 0 saturated carbocycles. The summed E-state index contributed by atoms with van der Waals surface area (Å²) in [4.78, 5) is 14.2. The van der Waals surface area contributed by atoms with Gasteiger partial charge in [0.05, 0.1) is 23.4 Å². The first-order valence-corrected chi connectivity index (χ1v) is 7.83. The van der Waals surface area contributed by atoms with E-state index in [-0.39, 0.29) is 18.9 Å². The average molecular weight is 353 g/mol. The van der Waals surface area contributed by atoms with Crippen molar-refractivity contribution in [1.29, 1.82) is 0 Å². The molecular formula is C17H18F3N3O2. The Balaban J connectivity index is 1.95. The van der Waals surface area contributed by atoms with Gasteiger partial charge in [-0.15, -0.1) is 0 Å². The maximum absolute atomic E-state index is 13.0. The zero-order valence-corrected chi connectivity index (χ0v) is 13.8. The zero-order chi connectivity index (χ0) is 18.4. The second-order valence-corrected chi connectivity index (χ2v) is 6.28. The summed E-state index contributed by atoms with van der Waals surface area (Å²) in [6.45, 7) is 1.82. The third-order valence-corrected chi connectivity index (χ3v) is 4.36. The number of nitrogens with zero attached hydrogens (tertiary/aromatic N) is 3. The van der Waals surface area contributed by atoms with E-state index in [1.54, 1.807) is 26.1 Å². The molecule has 0 bridgehead atoms. The van der Waals surface area contributed by atoms with Gasteiger partial charge < -0.3 is 10.0 Å². The van der Waals surface area contributed by atoms with Crippen molar-refractivity contribution in [1.82, 2.24) is 14.7 Å². The van der Waals surface area contributed by atoms with E-state index in [9.17, 15) is 23.1 Å². The lowest BCUT2D eigenvalue weighted by atomic mass is 10.0. The van der Waals surface area contributed by atoms with Crippen LogP contribution in [-0.2, 0) is 13.2 Å². The van der Waals surface area contributed by atoms with Gasteiger partial charge in [-0.1, -0.05) is 12.1 Å². The highest BCUT2D eigenvalue weighted by Gasteiger charge is 2.38. The standard InChI is InChI=1S/C17H18F3N3O2/c1-10-6-15(22(2)21-10)16(25)23-9-13(24)8-14(23)11-4-3-5-12(7-11)17(18,19)20/h3-7,13-14,24H,8-9H2,1-2H3/t13-,14-/m1/s1. The summed E-state index contributed by atoms with van der Waals surface area (Å²) < 4.78 is 40.3. The molecule has 2 heterocycles. The minimum absolute atomic E-state index is 0.0734. The largest absolute Gasteiger partial charge is 0.416 e. The number of benzene rings is 1. The topological polar surface area (TPSA) is 58.4 Å². The molecule has 1 aromatic heterocycles. The van der Waals surface area contributed by atoms with Gasteiger partial charge >= 0.3 is 6.18 Å². The van der Waals surface area contributed by atoms with E-state index in [0.29, 0.717) is 17.0 Å². The minimum atomic E-state index is -4.46. The van der Waals surface area contributed by atoms with Gasteiger partial charge in [-0.05, 0) is 37.1 Å². The van der Waals surface area contributed by atoms with Crippen LogP contribution in [0.15, 0.2) is 30.3 Å². The molecule has 0 unspecified atom stereocenters. The van der Waals surface area contributed by atoms with Crippen molar-refractivity contribution >= 4 is 5.91 Å². The fourth-order valence-electron chi connectivity index (χ4n) is 3.23. The number of alkyl halides is 3. The Labute approximate surface area is 142 Å². The zero-order valence-electron chi connectivity index (χ0n) is 13.8. The molecule has 1 aliphatic rings. The number of aliphatic hydroxyl groups is 1. The molecule has 1 fully saturated rings. The fraction of sp³-hybridized carbons (Fsp3) is 0.412. The number of halogens is 3. The van der Waals surface area contributed by atoms with E-state index in [1.807, 2.05) is 0 Å². The van der Waals surface area contributed by atoms with E-state index in [0.717, 1.165) is 12.1 Å². The predicted molar refractivity (Wildman–Crippen MR) is 83.8 cm³/mol. The summed E-state index contributed by atoms with van der Waals surface area (Å²) in [5.41, 5.74) is 0.596. The predicted octanol–water partition coefficient (Wildman–Crippen LogP) is 2.70. The van der Waals surface area contributed by atoms with Crippen LogP contribution in [0.25, 0.3) is 0 Å². The average Bonchev–Trinajstić information content (AvgIpc) is 3.08. The second-order valence-electron chi connectivity index (χ2n) is 6.28. The van der Waals surface area contributed by atoms with E-state index >= 15 is 0 Å². The number of rotatable bonds is 2. The summed E-state index contributed by atoms with van der Waals surface area (Å²) in [5.74, 6) is -0.359. The van der Waals surface area contributed by atoms with Gasteiger partial charge in [0.1, 0.15) is 5.69 Å². The second kappa shape index (κ2) is 6.18. The molecule has 5 nitrogen and oxygen atoms in total. The molecule has 1 saturated heterocycles. The highest BCUT2D eigenvalue weighted by Crippen LogP contribution is 2.36. The number of carbonyl (C=O) groups excluding carboxylic acids is 1. The molecule has 8 heteroatoms. The van der Waals surface area contributed by atoms with E-state index in [2.05, 4.69) is 5.10 Å². The van der Waals surface area contributed by atoms with Crippen molar-refractivity contribution in [2.75, 3.05) is 6.54 Å². The van der Waals surface area contributed by atoms with Crippen molar-refractivity contribution in [3.05, 3.63) is 52.8 Å². The quantitative estimate of drug-likeness (QED) is 0.903. The van der Waals surface area contributed by atoms with Crippen molar-refractivity contribution in [3.63, 3.8) is 0 Å². The van der Waals surface area contributed by atoms with Crippen LogP contribution in [0.2, 0.25) is 0 Å². The number of likely N-dealkylation sites (tertiary alicyclic amines) is 1. The molecule has 1 aromatic carbocycles. The monoisotopic (exact) mass is 353 g/mol. The number of aromatic nitrogens is 2. The van der Waals surface area contributed by atoms with Crippen LogP contribution in [0, 0.1) is 6.92 Å². The van der Waals surface area contributed by atoms with E-state index in [4.69, 9.17) is 0 Å². The molecule has 1 aliphatic heterocycles. The molecule has 25 heavy (non-hydrogen) atoms. The Morgan fingerprint density at radius 3 is 2.64 bits per heavy atom. The van der Waals surface area contributed by atoms with Crippen molar-refractivity contribution in [2.24, 2.45) is 7.05 Å². The Morgan fingerprint density at radius 1 is 1.32 bits per heavy atom. The molecule has 2 atom stereocenters. The number of carbonyl (C=O) groups is 1. The third-order valence-electron chi connectivity index (χ3n) is 4.36. The van der Waals surface area contributed by atoms with Crippen LogP contribution in [0.4, 0.5) is 13.2 Å². The molecule has 0 aliphatic carbocycles. The third kappa shape index (κ3) is 3.39. The highest BCUT2D eigenvalue weighted by atomic mass is 19.4. The number of aryl methyl sites for hydroxylation is 2. The molecule has 134 valence electrons. The lowest BCUT2D eigenvalue weighted by Gasteiger charge is -2.25. The Kier molecular flexibility index (Phi) is 4.32. The van der Waals surface area contributed by atoms with Gasteiger partial charge in [-0.3, -0.25) is 9.48 Å². The molecule has 1 amide bonds. The van der Waals surface area contributed by atoms with Crippen molar-refractivity contribution in [2.45, 2.75) is 31.7 Å². The maximum atomic E-state index is 13.0. The van der Waals surface area contributed by atoms with Crippen LogP contribution in [0.3, 0.4) is 0 Å². The first-order chi connectivity index (χ1) is 11.7. The maximum Gasteiger partial charge on any atom is 0.416 e. The molecule has 0 radical (unpaired) electrons. The van der Waals surface area contributed by atoms with Crippen LogP contribution >= 0.6 is 0 Å². The number of hydrogen-bond acceptors (Lipinski definition) is 3. The molecule has 3 rings (SSSR count). The van der Waals surface area contributed by atoms with Gasteiger partial charge in [-0.2, -0.15) is 18.3 Å². The van der Waals surface area contributed by atoms with Crippen LogP contribution in [-0.4, -0.2) is 38.3 Å². The van der Waals surface area contributed by atoms with E-state index < -0.39 is 23.9 Å². The summed E-state index contributed by atoms with van der Waals surface area (Å²) in [6.07, 6.45) is -5.04. The molecule has 2 aromatic rings. The summed E-state index contributed by atoms with van der Waals surface area (Å²) in [6, 6.07) is 5.91. The van der Waals surface area contributed by atoms with E-state index in [1.165, 1.54) is 15.6 Å². The Bertz CT molecular complexity index is 801. The smallest absolute Gasteiger partial charge is 0.391 e. The Morgan fingerprint density at radius 2 is 2.04 bits per heavy atom. The molecule has 1 N–H and O–H groups in total. The summed E-state index contributed by atoms with van der Waals surface area (Å²) in [7, 11) is 1.63. The van der Waals surface area contributed by atoms with Crippen molar-refractivity contribution < 1.29 is 23.1 Å². The first kappa shape index (κ1) is 17.5. The fourth-order valence-corrected chi connectivity index (χ4v) is 3.23. The number of β-amino-alcohol motifs (C(OH)–C–C–N with tert-alkyl or cyclic N) is 1. The summed E-state index contributed by atoms with van der Waals surface area (Å²) >= 11 is 0. The van der Waals surface area contributed by atoms with Crippen LogP contribution < -0.4 is 0 Å². The van der Waals surface area contributed by atoms with Gasteiger partial charge in [-0.25, -0.2) is 0 Å². The normalized spacial score (nSPS) is 21.0. The summed E-state index contributed by atoms with van der Waals surface area (Å²) in [5, 5.41) is 14.1. The lowest BCUT2D eigenvalue weighted by molar-refractivity contribution is -0.137. The minimum Gasteiger partial charge on any atom is -0.391 e. The van der Waals surface area contributed by atoms with Gasteiger partial charge in [0.2, 0.25) is 0 Å². The van der Waals surface area contributed by atoms with Gasteiger partial charge in [0.15, 0.2) is 0 Å². The lowest BCUT2D eigenvalue weighted by Crippen LogP contribution is -2.33. The number of hydrogen-bond donors (Lipinski definition) is 1. The van der Waals surface area contributed by atoms with Crippen LogP contribution in [0.5, 0.6) is 0 Å². The van der Waals surface area contributed by atoms with Crippen molar-refractivity contribution in [3.8, 4) is 0 Å². The Hall–Kier alpha value is -2.35.